The van der Waals surface area contributed by atoms with Crippen molar-refractivity contribution in [1.29, 1.82) is 5.26 Å². The van der Waals surface area contributed by atoms with Crippen molar-refractivity contribution in [3.05, 3.63) is 47.7 Å². The number of hydrogen-bond acceptors (Lipinski definition) is 6. The summed E-state index contributed by atoms with van der Waals surface area (Å²) in [6.45, 7) is 0.121. The first kappa shape index (κ1) is 14.1. The van der Waals surface area contributed by atoms with E-state index in [1.165, 1.54) is 30.8 Å². The summed E-state index contributed by atoms with van der Waals surface area (Å²) < 4.78 is 4.96. The molecule has 0 unspecified atom stereocenters. The standard InChI is InChI=1S/C13H11N5O3/c14-4-8-1-2-11(19)10(3-8)12(20)18-13(15)17-6-9-5-16-7-21-9/h1-3,5,7,19H,6H2,(H3,15,17,18,20). The average molecular weight is 285 g/mol. The molecule has 0 spiro atoms. The lowest BCUT2D eigenvalue weighted by atomic mass is 10.1. The molecule has 8 nitrogen and oxygen atoms in total. The summed E-state index contributed by atoms with van der Waals surface area (Å²) in [5, 5.41) is 20.7. The molecule has 1 aromatic carbocycles. The molecule has 106 valence electrons. The van der Waals surface area contributed by atoms with E-state index in [0.717, 1.165) is 0 Å². The maximum atomic E-state index is 11.9. The van der Waals surface area contributed by atoms with E-state index in [1.807, 2.05) is 6.07 Å². The molecule has 0 aliphatic heterocycles. The Morgan fingerprint density at radius 3 is 3.05 bits per heavy atom. The second-order valence-corrected chi connectivity index (χ2v) is 3.97. The number of aliphatic imine (C=N–C) groups is 1. The van der Waals surface area contributed by atoms with Crippen molar-refractivity contribution in [2.24, 2.45) is 10.7 Å². The van der Waals surface area contributed by atoms with Crippen LogP contribution in [-0.2, 0) is 6.54 Å². The van der Waals surface area contributed by atoms with Crippen LogP contribution in [0.5, 0.6) is 5.75 Å². The lowest BCUT2D eigenvalue weighted by molar-refractivity contribution is 0.0974. The smallest absolute Gasteiger partial charge is 0.261 e. The van der Waals surface area contributed by atoms with Crippen molar-refractivity contribution < 1.29 is 14.3 Å². The number of benzene rings is 1. The number of phenols is 1. The van der Waals surface area contributed by atoms with E-state index >= 15 is 0 Å². The number of guanidine groups is 1. The van der Waals surface area contributed by atoms with Crippen LogP contribution in [-0.4, -0.2) is 22.0 Å². The van der Waals surface area contributed by atoms with Crippen molar-refractivity contribution in [1.82, 2.24) is 10.3 Å². The molecule has 0 aliphatic carbocycles. The van der Waals surface area contributed by atoms with Crippen LogP contribution in [0, 0.1) is 11.3 Å². The molecule has 0 fully saturated rings. The van der Waals surface area contributed by atoms with Gasteiger partial charge in [-0.05, 0) is 18.2 Å². The Morgan fingerprint density at radius 2 is 2.38 bits per heavy atom. The molecule has 0 atom stereocenters. The predicted octanol–water partition coefficient (Wildman–Crippen LogP) is 0.497. The normalized spacial score (nSPS) is 10.9. The van der Waals surface area contributed by atoms with Gasteiger partial charge >= 0.3 is 0 Å². The Hall–Kier alpha value is -3.34. The topological polar surface area (TPSA) is 138 Å². The molecule has 0 saturated carbocycles. The van der Waals surface area contributed by atoms with Crippen LogP contribution in [0.25, 0.3) is 0 Å². The number of hydrogen-bond donors (Lipinski definition) is 3. The van der Waals surface area contributed by atoms with Gasteiger partial charge in [-0.3, -0.25) is 10.1 Å². The highest BCUT2D eigenvalue weighted by atomic mass is 16.3. The third-order valence-electron chi connectivity index (χ3n) is 2.50. The monoisotopic (exact) mass is 285 g/mol. The number of carbonyl (C=O) groups is 1. The predicted molar refractivity (Wildman–Crippen MR) is 72.1 cm³/mol. The van der Waals surface area contributed by atoms with Crippen LogP contribution in [0.1, 0.15) is 21.7 Å². The zero-order chi connectivity index (χ0) is 15.2. The summed E-state index contributed by atoms with van der Waals surface area (Å²) in [6, 6.07) is 5.79. The zero-order valence-corrected chi connectivity index (χ0v) is 10.8. The first-order valence-corrected chi connectivity index (χ1v) is 5.82. The highest BCUT2D eigenvalue weighted by Crippen LogP contribution is 2.17. The van der Waals surface area contributed by atoms with Crippen molar-refractivity contribution in [3.8, 4) is 11.8 Å². The second kappa shape index (κ2) is 6.21. The lowest BCUT2D eigenvalue weighted by Gasteiger charge is -2.06. The Morgan fingerprint density at radius 1 is 1.57 bits per heavy atom. The van der Waals surface area contributed by atoms with Gasteiger partial charge in [0.1, 0.15) is 18.1 Å². The molecule has 0 saturated heterocycles. The number of phenolic OH excluding ortho intramolecular Hbond substituents is 1. The minimum absolute atomic E-state index is 0.0631. The Bertz CT molecular complexity index is 716. The van der Waals surface area contributed by atoms with Gasteiger partial charge in [0.2, 0.25) is 0 Å². The number of carbonyl (C=O) groups excluding carboxylic acids is 1. The molecular weight excluding hydrogens is 274 g/mol. The van der Waals surface area contributed by atoms with E-state index in [9.17, 15) is 9.90 Å². The minimum atomic E-state index is -0.664. The van der Waals surface area contributed by atoms with Crippen LogP contribution in [0.15, 0.2) is 40.2 Å². The number of nitriles is 1. The minimum Gasteiger partial charge on any atom is -0.507 e. The summed E-state index contributed by atoms with van der Waals surface area (Å²) in [6.07, 6.45) is 2.73. The van der Waals surface area contributed by atoms with Gasteiger partial charge in [0.25, 0.3) is 5.91 Å². The molecule has 0 bridgehead atoms. The molecule has 8 heteroatoms. The van der Waals surface area contributed by atoms with E-state index in [4.69, 9.17) is 15.4 Å². The van der Waals surface area contributed by atoms with E-state index in [0.29, 0.717) is 5.76 Å². The van der Waals surface area contributed by atoms with Crippen LogP contribution < -0.4 is 11.1 Å². The first-order chi connectivity index (χ1) is 10.1. The van der Waals surface area contributed by atoms with E-state index < -0.39 is 5.91 Å². The van der Waals surface area contributed by atoms with Crippen molar-refractivity contribution in [3.63, 3.8) is 0 Å². The third kappa shape index (κ3) is 3.57. The van der Waals surface area contributed by atoms with Gasteiger partial charge in [0.05, 0.1) is 23.4 Å². The fourth-order valence-corrected chi connectivity index (χ4v) is 1.49. The summed E-state index contributed by atoms with van der Waals surface area (Å²) in [5.74, 6) is -0.572. The van der Waals surface area contributed by atoms with Crippen molar-refractivity contribution >= 4 is 11.9 Å². The van der Waals surface area contributed by atoms with Crippen LogP contribution in [0.3, 0.4) is 0 Å². The van der Waals surface area contributed by atoms with E-state index in [-0.39, 0.29) is 29.4 Å². The number of aromatic hydroxyl groups is 1. The maximum absolute atomic E-state index is 11.9. The number of aromatic nitrogens is 1. The summed E-state index contributed by atoms with van der Waals surface area (Å²) in [4.78, 5) is 19.5. The molecule has 0 radical (unpaired) electrons. The summed E-state index contributed by atoms with van der Waals surface area (Å²) in [7, 11) is 0. The number of oxazole rings is 1. The first-order valence-electron chi connectivity index (χ1n) is 5.82. The van der Waals surface area contributed by atoms with Gasteiger partial charge in [-0.25, -0.2) is 9.98 Å². The fraction of sp³-hybridized carbons (Fsp3) is 0.0769. The fourth-order valence-electron chi connectivity index (χ4n) is 1.49. The van der Waals surface area contributed by atoms with Crippen LogP contribution in [0.2, 0.25) is 0 Å². The van der Waals surface area contributed by atoms with Gasteiger partial charge in [-0.1, -0.05) is 0 Å². The molecule has 2 rings (SSSR count). The van der Waals surface area contributed by atoms with Gasteiger partial charge in [-0.15, -0.1) is 0 Å². The molecule has 1 heterocycles. The Labute approximate surface area is 119 Å². The average Bonchev–Trinajstić information content (AvgIpc) is 2.99. The molecule has 4 N–H and O–H groups in total. The molecule has 0 aliphatic rings. The number of rotatable bonds is 3. The second-order valence-electron chi connectivity index (χ2n) is 3.97. The van der Waals surface area contributed by atoms with Crippen LogP contribution in [0.4, 0.5) is 0 Å². The molecule has 21 heavy (non-hydrogen) atoms. The highest BCUT2D eigenvalue weighted by molar-refractivity contribution is 6.06. The van der Waals surface area contributed by atoms with Crippen molar-refractivity contribution in [2.75, 3.05) is 0 Å². The molecular formula is C13H11N5O3. The Kier molecular flexibility index (Phi) is 4.16. The molecule has 2 aromatic rings. The highest BCUT2D eigenvalue weighted by Gasteiger charge is 2.13. The summed E-state index contributed by atoms with van der Waals surface area (Å²) >= 11 is 0. The van der Waals surface area contributed by atoms with Gasteiger partial charge in [0.15, 0.2) is 12.4 Å². The zero-order valence-electron chi connectivity index (χ0n) is 10.8. The van der Waals surface area contributed by atoms with Gasteiger partial charge < -0.3 is 15.3 Å². The quantitative estimate of drug-likeness (QED) is 0.554. The number of nitrogens with two attached hydrogens (primary N) is 1. The maximum Gasteiger partial charge on any atom is 0.261 e. The number of nitrogens with one attached hydrogen (secondary N) is 1. The molecule has 1 amide bonds. The third-order valence-corrected chi connectivity index (χ3v) is 2.50. The number of amides is 1. The SMILES string of the molecule is N#Cc1ccc(O)c(C(=O)NC(N)=NCc2cnco2)c1. The molecule has 1 aromatic heterocycles. The summed E-state index contributed by atoms with van der Waals surface area (Å²) in [5.41, 5.74) is 5.74. The lowest BCUT2D eigenvalue weighted by Crippen LogP contribution is -2.36. The number of nitrogens with zero attached hydrogens (tertiary/aromatic N) is 3. The van der Waals surface area contributed by atoms with E-state index in [1.54, 1.807) is 0 Å². The van der Waals surface area contributed by atoms with Gasteiger partial charge in [0, 0.05) is 0 Å². The largest absolute Gasteiger partial charge is 0.507 e. The van der Waals surface area contributed by atoms with E-state index in [2.05, 4.69) is 15.3 Å². The Balaban J connectivity index is 2.07. The van der Waals surface area contributed by atoms with Gasteiger partial charge in [-0.2, -0.15) is 5.26 Å². The van der Waals surface area contributed by atoms with Crippen LogP contribution >= 0.6 is 0 Å². The van der Waals surface area contributed by atoms with Crippen molar-refractivity contribution in [2.45, 2.75) is 6.54 Å².